The van der Waals surface area contributed by atoms with Crippen molar-refractivity contribution in [2.45, 2.75) is 20.3 Å². The molecule has 0 aliphatic carbocycles. The largest absolute Gasteiger partial charge is 0.169 e. The van der Waals surface area contributed by atoms with Crippen LogP contribution < -0.4 is 0 Å². The average Bonchev–Trinajstić information content (AvgIpc) is 1.93. The molecule has 0 aromatic rings. The molecule has 3 heteroatoms. The SMILES string of the molecule is CC1=NN=NCC(C)C1. The molecule has 0 saturated heterocycles. The van der Waals surface area contributed by atoms with Gasteiger partial charge < -0.3 is 0 Å². The van der Waals surface area contributed by atoms with Crippen LogP contribution in [-0.4, -0.2) is 12.3 Å². The monoisotopic (exact) mass is 125 g/mol. The lowest BCUT2D eigenvalue weighted by molar-refractivity contribution is 0.615. The highest BCUT2D eigenvalue weighted by Gasteiger charge is 2.04. The first kappa shape index (κ1) is 6.39. The van der Waals surface area contributed by atoms with E-state index >= 15 is 0 Å². The van der Waals surface area contributed by atoms with Gasteiger partial charge in [0.15, 0.2) is 0 Å². The van der Waals surface area contributed by atoms with Crippen LogP contribution in [0.25, 0.3) is 0 Å². The summed E-state index contributed by atoms with van der Waals surface area (Å²) in [7, 11) is 0. The lowest BCUT2D eigenvalue weighted by atomic mass is 10.1. The molecule has 0 bridgehead atoms. The van der Waals surface area contributed by atoms with Crippen LogP contribution in [0, 0.1) is 5.92 Å². The maximum atomic E-state index is 3.85. The van der Waals surface area contributed by atoms with Gasteiger partial charge in [-0.1, -0.05) is 6.92 Å². The van der Waals surface area contributed by atoms with Gasteiger partial charge in [-0.3, -0.25) is 0 Å². The third kappa shape index (κ3) is 1.91. The molecule has 0 saturated carbocycles. The van der Waals surface area contributed by atoms with Crippen LogP contribution in [-0.2, 0) is 0 Å². The van der Waals surface area contributed by atoms with Crippen molar-refractivity contribution in [3.05, 3.63) is 0 Å². The second-order valence-corrected chi connectivity index (χ2v) is 2.56. The molecule has 0 fully saturated rings. The smallest absolute Gasteiger partial charge is 0.0650 e. The molecule has 0 spiro atoms. The predicted molar refractivity (Wildman–Crippen MR) is 36.6 cm³/mol. The summed E-state index contributed by atoms with van der Waals surface area (Å²) >= 11 is 0. The highest BCUT2D eigenvalue weighted by molar-refractivity contribution is 5.81. The molecule has 0 aromatic carbocycles. The lowest BCUT2D eigenvalue weighted by Gasteiger charge is -2.01. The summed E-state index contributed by atoms with van der Waals surface area (Å²) in [5, 5.41) is 11.3. The van der Waals surface area contributed by atoms with E-state index in [9.17, 15) is 0 Å². The van der Waals surface area contributed by atoms with E-state index in [1.165, 1.54) is 0 Å². The van der Waals surface area contributed by atoms with Crippen molar-refractivity contribution in [1.82, 2.24) is 0 Å². The van der Waals surface area contributed by atoms with Crippen molar-refractivity contribution in [3.8, 4) is 0 Å². The minimum atomic E-state index is 0.611. The van der Waals surface area contributed by atoms with E-state index in [1.807, 2.05) is 6.92 Å². The summed E-state index contributed by atoms with van der Waals surface area (Å²) in [6, 6.07) is 0. The number of hydrogen-bond acceptors (Lipinski definition) is 3. The first-order chi connectivity index (χ1) is 4.29. The Morgan fingerprint density at radius 3 is 3.11 bits per heavy atom. The molecule has 1 aliphatic rings. The van der Waals surface area contributed by atoms with Crippen LogP contribution in [0.3, 0.4) is 0 Å². The molecule has 3 nitrogen and oxygen atoms in total. The van der Waals surface area contributed by atoms with Crippen LogP contribution in [0.5, 0.6) is 0 Å². The fraction of sp³-hybridized carbons (Fsp3) is 0.833. The van der Waals surface area contributed by atoms with E-state index in [1.54, 1.807) is 0 Å². The average molecular weight is 125 g/mol. The van der Waals surface area contributed by atoms with Gasteiger partial charge in [0.2, 0.25) is 0 Å². The summed E-state index contributed by atoms with van der Waals surface area (Å²) in [4.78, 5) is 0. The fourth-order valence-corrected chi connectivity index (χ4v) is 0.894. The van der Waals surface area contributed by atoms with Gasteiger partial charge in [0.05, 0.1) is 6.54 Å². The van der Waals surface area contributed by atoms with Gasteiger partial charge in [0, 0.05) is 5.71 Å². The Morgan fingerprint density at radius 2 is 2.33 bits per heavy atom. The molecule has 1 unspecified atom stereocenters. The van der Waals surface area contributed by atoms with Gasteiger partial charge in [-0.05, 0) is 24.5 Å². The van der Waals surface area contributed by atoms with Crippen molar-refractivity contribution < 1.29 is 0 Å². The van der Waals surface area contributed by atoms with E-state index < -0.39 is 0 Å². The lowest BCUT2D eigenvalue weighted by Crippen LogP contribution is -2.02. The molecule has 1 heterocycles. The summed E-state index contributed by atoms with van der Waals surface area (Å²) in [5.74, 6) is 0.611. The fourth-order valence-electron chi connectivity index (χ4n) is 0.894. The van der Waals surface area contributed by atoms with Gasteiger partial charge in [-0.15, -0.1) is 5.10 Å². The Bertz CT molecular complexity index is 148. The van der Waals surface area contributed by atoms with Gasteiger partial charge >= 0.3 is 0 Å². The van der Waals surface area contributed by atoms with Crippen LogP contribution in [0.1, 0.15) is 20.3 Å². The molecule has 1 aliphatic heterocycles. The second-order valence-electron chi connectivity index (χ2n) is 2.56. The van der Waals surface area contributed by atoms with Gasteiger partial charge in [0.25, 0.3) is 0 Å². The minimum absolute atomic E-state index is 0.611. The van der Waals surface area contributed by atoms with E-state index in [4.69, 9.17) is 0 Å². The number of hydrogen-bond donors (Lipinski definition) is 0. The Morgan fingerprint density at radius 1 is 1.56 bits per heavy atom. The Labute approximate surface area is 54.9 Å². The van der Waals surface area contributed by atoms with E-state index in [0.717, 1.165) is 18.7 Å². The van der Waals surface area contributed by atoms with Gasteiger partial charge in [-0.2, -0.15) is 5.11 Å². The van der Waals surface area contributed by atoms with Gasteiger partial charge in [-0.25, -0.2) is 0 Å². The second kappa shape index (κ2) is 2.71. The maximum Gasteiger partial charge on any atom is 0.0650 e. The topological polar surface area (TPSA) is 37.1 Å². The van der Waals surface area contributed by atoms with Crippen LogP contribution >= 0.6 is 0 Å². The third-order valence-corrected chi connectivity index (χ3v) is 1.32. The standard InChI is InChI=1S/C6H11N3/c1-5-3-6(2)8-9-7-4-5/h5H,3-4H2,1-2H3. The molecule has 0 radical (unpaired) electrons. The van der Waals surface area contributed by atoms with Crippen LogP contribution in [0.15, 0.2) is 15.4 Å². The molecule has 9 heavy (non-hydrogen) atoms. The highest BCUT2D eigenvalue weighted by atomic mass is 15.4. The van der Waals surface area contributed by atoms with Crippen molar-refractivity contribution in [1.29, 1.82) is 0 Å². The van der Waals surface area contributed by atoms with Gasteiger partial charge in [0.1, 0.15) is 0 Å². The van der Waals surface area contributed by atoms with Crippen molar-refractivity contribution >= 4 is 5.71 Å². The molecular weight excluding hydrogens is 114 g/mol. The first-order valence-corrected chi connectivity index (χ1v) is 3.19. The Balaban J connectivity index is 2.58. The zero-order chi connectivity index (χ0) is 6.69. The summed E-state index contributed by atoms with van der Waals surface area (Å²) in [6.07, 6.45) is 1.03. The zero-order valence-electron chi connectivity index (χ0n) is 5.83. The molecule has 1 atom stereocenters. The molecule has 0 N–H and O–H groups in total. The maximum absolute atomic E-state index is 3.85. The number of nitrogens with zero attached hydrogens (tertiary/aromatic N) is 3. The van der Waals surface area contributed by atoms with Crippen LogP contribution in [0.4, 0.5) is 0 Å². The van der Waals surface area contributed by atoms with E-state index in [0.29, 0.717) is 5.92 Å². The zero-order valence-corrected chi connectivity index (χ0v) is 5.83. The molecule has 1 rings (SSSR count). The van der Waals surface area contributed by atoms with Crippen molar-refractivity contribution in [2.75, 3.05) is 6.54 Å². The van der Waals surface area contributed by atoms with Crippen molar-refractivity contribution in [2.24, 2.45) is 21.4 Å². The summed E-state index contributed by atoms with van der Waals surface area (Å²) < 4.78 is 0. The Hall–Kier alpha value is -0.730. The van der Waals surface area contributed by atoms with E-state index in [2.05, 4.69) is 22.4 Å². The molecule has 0 aromatic heterocycles. The quantitative estimate of drug-likeness (QED) is 0.474. The minimum Gasteiger partial charge on any atom is -0.169 e. The predicted octanol–water partition coefficient (Wildman–Crippen LogP) is 1.85. The van der Waals surface area contributed by atoms with Crippen molar-refractivity contribution in [3.63, 3.8) is 0 Å². The normalized spacial score (nSPS) is 27.3. The molecular formula is C6H11N3. The molecule has 50 valence electrons. The highest BCUT2D eigenvalue weighted by Crippen LogP contribution is 2.07. The van der Waals surface area contributed by atoms with Crippen LogP contribution in [0.2, 0.25) is 0 Å². The first-order valence-electron chi connectivity index (χ1n) is 3.19. The third-order valence-electron chi connectivity index (χ3n) is 1.32. The summed E-state index contributed by atoms with van der Waals surface area (Å²) in [6.45, 7) is 4.96. The summed E-state index contributed by atoms with van der Waals surface area (Å²) in [5.41, 5.74) is 1.09. The number of rotatable bonds is 0. The molecule has 0 amide bonds. The Kier molecular flexibility index (Phi) is 1.92. The van der Waals surface area contributed by atoms with E-state index in [-0.39, 0.29) is 0 Å².